The number of benzene rings is 1. The molecule has 1 aromatic carbocycles. The van der Waals surface area contributed by atoms with Crippen LogP contribution in [0.1, 0.15) is 16.2 Å². The van der Waals surface area contributed by atoms with Crippen molar-refractivity contribution < 1.29 is 9.90 Å². The van der Waals surface area contributed by atoms with E-state index >= 15 is 0 Å². The van der Waals surface area contributed by atoms with Crippen LogP contribution in [-0.4, -0.2) is 21.0 Å². The van der Waals surface area contributed by atoms with Crippen LogP contribution >= 0.6 is 0 Å². The molecule has 0 radical (unpaired) electrons. The average molecular weight is 204 g/mol. The summed E-state index contributed by atoms with van der Waals surface area (Å²) in [4.78, 5) is 28.3. The molecule has 0 aliphatic carbocycles. The summed E-state index contributed by atoms with van der Waals surface area (Å²) in [5.41, 5.74) is 0.779. The lowest BCUT2D eigenvalue weighted by atomic mass is 10.1. The Bertz CT molecular complexity index is 601. The van der Waals surface area contributed by atoms with Crippen molar-refractivity contribution in [3.05, 3.63) is 39.9 Å². The zero-order valence-corrected chi connectivity index (χ0v) is 7.94. The fourth-order valence-electron chi connectivity index (χ4n) is 1.41. The van der Waals surface area contributed by atoms with Crippen molar-refractivity contribution in [1.82, 2.24) is 9.97 Å². The SMILES string of the molecule is Cc1cccc2c(=O)[nH]c(C(=O)O)nc12. The molecule has 15 heavy (non-hydrogen) atoms. The monoisotopic (exact) mass is 204 g/mol. The predicted molar refractivity (Wildman–Crippen MR) is 54.1 cm³/mol. The maximum Gasteiger partial charge on any atom is 0.372 e. The molecule has 1 heterocycles. The highest BCUT2D eigenvalue weighted by atomic mass is 16.4. The first-order valence-corrected chi connectivity index (χ1v) is 4.32. The Morgan fingerprint density at radius 3 is 2.87 bits per heavy atom. The number of hydrogen-bond acceptors (Lipinski definition) is 3. The summed E-state index contributed by atoms with van der Waals surface area (Å²) < 4.78 is 0. The van der Waals surface area contributed by atoms with Gasteiger partial charge in [0.1, 0.15) is 0 Å². The second-order valence-corrected chi connectivity index (χ2v) is 3.19. The molecule has 0 atom stereocenters. The molecule has 5 heteroatoms. The molecule has 5 nitrogen and oxygen atoms in total. The molecule has 0 fully saturated rings. The second-order valence-electron chi connectivity index (χ2n) is 3.19. The molecule has 0 unspecified atom stereocenters. The van der Waals surface area contributed by atoms with Gasteiger partial charge >= 0.3 is 5.97 Å². The van der Waals surface area contributed by atoms with Gasteiger partial charge in [0, 0.05) is 0 Å². The van der Waals surface area contributed by atoms with Crippen LogP contribution in [0, 0.1) is 6.92 Å². The summed E-state index contributed by atoms with van der Waals surface area (Å²) in [5, 5.41) is 9.13. The van der Waals surface area contributed by atoms with Crippen LogP contribution in [0.3, 0.4) is 0 Å². The lowest BCUT2D eigenvalue weighted by molar-refractivity contribution is 0.0683. The van der Waals surface area contributed by atoms with Gasteiger partial charge in [0.05, 0.1) is 10.9 Å². The van der Waals surface area contributed by atoms with E-state index in [9.17, 15) is 9.59 Å². The highest BCUT2D eigenvalue weighted by Crippen LogP contribution is 2.11. The van der Waals surface area contributed by atoms with E-state index in [1.54, 1.807) is 25.1 Å². The molecule has 2 rings (SSSR count). The van der Waals surface area contributed by atoms with Crippen LogP contribution in [0.4, 0.5) is 0 Å². The van der Waals surface area contributed by atoms with Crippen molar-refractivity contribution in [3.8, 4) is 0 Å². The lowest BCUT2D eigenvalue weighted by Crippen LogP contribution is -2.15. The molecule has 0 spiro atoms. The van der Waals surface area contributed by atoms with Crippen LogP contribution < -0.4 is 5.56 Å². The van der Waals surface area contributed by atoms with Gasteiger partial charge in [-0.3, -0.25) is 4.79 Å². The summed E-state index contributed by atoms with van der Waals surface area (Å²) in [7, 11) is 0. The number of nitrogens with zero attached hydrogens (tertiary/aromatic N) is 1. The molecule has 2 N–H and O–H groups in total. The Labute approximate surface area is 84.4 Å². The minimum absolute atomic E-state index is 0.332. The van der Waals surface area contributed by atoms with Gasteiger partial charge in [-0.2, -0.15) is 0 Å². The zero-order valence-electron chi connectivity index (χ0n) is 7.94. The van der Waals surface area contributed by atoms with Crippen LogP contribution in [0.2, 0.25) is 0 Å². The Morgan fingerprint density at radius 2 is 2.20 bits per heavy atom. The third kappa shape index (κ3) is 1.48. The number of fused-ring (bicyclic) bond motifs is 1. The number of nitrogens with one attached hydrogen (secondary N) is 1. The van der Waals surface area contributed by atoms with Gasteiger partial charge in [-0.1, -0.05) is 12.1 Å². The lowest BCUT2D eigenvalue weighted by Gasteiger charge is -2.01. The van der Waals surface area contributed by atoms with Gasteiger partial charge in [0.15, 0.2) is 0 Å². The van der Waals surface area contributed by atoms with Gasteiger partial charge in [0.25, 0.3) is 5.56 Å². The van der Waals surface area contributed by atoms with Gasteiger partial charge in [-0.05, 0) is 18.6 Å². The number of rotatable bonds is 1. The number of aromatic nitrogens is 2. The summed E-state index contributed by atoms with van der Waals surface area (Å²) >= 11 is 0. The second kappa shape index (κ2) is 3.20. The van der Waals surface area contributed by atoms with Crippen molar-refractivity contribution in [1.29, 1.82) is 0 Å². The number of aromatic amines is 1. The van der Waals surface area contributed by atoms with Gasteiger partial charge in [-0.25, -0.2) is 9.78 Å². The van der Waals surface area contributed by atoms with E-state index < -0.39 is 11.5 Å². The molecule has 0 saturated carbocycles. The highest BCUT2D eigenvalue weighted by Gasteiger charge is 2.10. The quantitative estimate of drug-likeness (QED) is 0.723. The van der Waals surface area contributed by atoms with Crippen molar-refractivity contribution in [3.63, 3.8) is 0 Å². The van der Waals surface area contributed by atoms with Crippen molar-refractivity contribution in [2.24, 2.45) is 0 Å². The molecular weight excluding hydrogens is 196 g/mol. The van der Waals surface area contributed by atoms with Crippen LogP contribution in [0.5, 0.6) is 0 Å². The third-order valence-electron chi connectivity index (χ3n) is 2.14. The fraction of sp³-hybridized carbons (Fsp3) is 0.100. The molecule has 0 aliphatic rings. The molecule has 0 aliphatic heterocycles. The summed E-state index contributed by atoms with van der Waals surface area (Å²) in [6.07, 6.45) is 0. The Balaban J connectivity index is 2.92. The highest BCUT2D eigenvalue weighted by molar-refractivity contribution is 5.88. The molecular formula is C10H8N2O3. The van der Waals surface area contributed by atoms with E-state index in [1.807, 2.05) is 0 Å². The predicted octanol–water partition coefficient (Wildman–Crippen LogP) is 0.930. The number of H-pyrrole nitrogens is 1. The maximum absolute atomic E-state index is 11.5. The van der Waals surface area contributed by atoms with E-state index in [4.69, 9.17) is 5.11 Å². The number of carboxylic acid groups (broad SMARTS) is 1. The summed E-state index contributed by atoms with van der Waals surface area (Å²) in [6, 6.07) is 5.12. The van der Waals surface area contributed by atoms with Gasteiger partial charge in [-0.15, -0.1) is 0 Å². The molecule has 0 saturated heterocycles. The molecule has 1 aromatic heterocycles. The largest absolute Gasteiger partial charge is 0.475 e. The number of hydrogen-bond donors (Lipinski definition) is 2. The van der Waals surface area contributed by atoms with E-state index in [1.165, 1.54) is 0 Å². The maximum atomic E-state index is 11.5. The van der Waals surface area contributed by atoms with Gasteiger partial charge < -0.3 is 10.1 Å². The Morgan fingerprint density at radius 1 is 1.47 bits per heavy atom. The molecule has 0 bridgehead atoms. The first kappa shape index (κ1) is 9.39. The van der Waals surface area contributed by atoms with Crippen LogP contribution in [0.15, 0.2) is 23.0 Å². The van der Waals surface area contributed by atoms with Crippen LogP contribution in [-0.2, 0) is 0 Å². The average Bonchev–Trinajstić information content (AvgIpc) is 2.19. The standard InChI is InChI=1S/C10H8N2O3/c1-5-3-2-4-6-7(5)11-8(10(14)15)12-9(6)13/h2-4H,1H3,(H,14,15)(H,11,12,13). The van der Waals surface area contributed by atoms with E-state index in [0.29, 0.717) is 10.9 Å². The fourth-order valence-corrected chi connectivity index (χ4v) is 1.41. The molecule has 0 amide bonds. The smallest absolute Gasteiger partial charge is 0.372 e. The number of carbonyl (C=O) groups is 1. The Hall–Kier alpha value is -2.17. The van der Waals surface area contributed by atoms with Gasteiger partial charge in [0.2, 0.25) is 5.82 Å². The summed E-state index contributed by atoms with van der Waals surface area (Å²) in [6.45, 7) is 1.78. The normalized spacial score (nSPS) is 10.5. The van der Waals surface area contributed by atoms with E-state index in [0.717, 1.165) is 5.56 Å². The van der Waals surface area contributed by atoms with Crippen molar-refractivity contribution in [2.45, 2.75) is 6.92 Å². The zero-order chi connectivity index (χ0) is 11.0. The Kier molecular flexibility index (Phi) is 2.00. The molecule has 2 aromatic rings. The van der Waals surface area contributed by atoms with E-state index in [-0.39, 0.29) is 5.82 Å². The minimum Gasteiger partial charge on any atom is -0.475 e. The molecule has 76 valence electrons. The van der Waals surface area contributed by atoms with Crippen molar-refractivity contribution >= 4 is 16.9 Å². The summed E-state index contributed by atoms with van der Waals surface area (Å²) in [5.74, 6) is -1.57. The number of para-hydroxylation sites is 1. The number of aryl methyl sites for hydroxylation is 1. The number of carboxylic acids is 1. The van der Waals surface area contributed by atoms with Crippen LogP contribution in [0.25, 0.3) is 10.9 Å². The van der Waals surface area contributed by atoms with E-state index in [2.05, 4.69) is 9.97 Å². The van der Waals surface area contributed by atoms with Crippen molar-refractivity contribution in [2.75, 3.05) is 0 Å². The minimum atomic E-state index is -1.24. The first-order chi connectivity index (χ1) is 7.09. The number of aromatic carboxylic acids is 1. The first-order valence-electron chi connectivity index (χ1n) is 4.32. The third-order valence-corrected chi connectivity index (χ3v) is 2.14. The topological polar surface area (TPSA) is 83.0 Å².